The third-order valence-electron chi connectivity index (χ3n) is 4.99. The van der Waals surface area contributed by atoms with Crippen LogP contribution in [0.2, 0.25) is 0 Å². The predicted octanol–water partition coefficient (Wildman–Crippen LogP) is 3.36. The summed E-state index contributed by atoms with van der Waals surface area (Å²) in [5, 5.41) is 0. The molecule has 1 aliphatic carbocycles. The van der Waals surface area contributed by atoms with E-state index in [1.807, 2.05) is 12.1 Å². The lowest BCUT2D eigenvalue weighted by atomic mass is 10.0. The lowest BCUT2D eigenvalue weighted by molar-refractivity contribution is 0.151. The smallest absolute Gasteiger partial charge is 0.263 e. The summed E-state index contributed by atoms with van der Waals surface area (Å²) >= 11 is 0. The lowest BCUT2D eigenvalue weighted by Gasteiger charge is -2.28. The van der Waals surface area contributed by atoms with E-state index in [0.717, 1.165) is 30.5 Å². The average molecular weight is 280 g/mol. The number of alkyl halides is 2. The first-order valence-electron chi connectivity index (χ1n) is 7.51. The molecule has 1 aliphatic heterocycles. The first-order valence-corrected chi connectivity index (χ1v) is 7.51. The van der Waals surface area contributed by atoms with Gasteiger partial charge in [0.2, 0.25) is 0 Å². The maximum absolute atomic E-state index is 12.6. The van der Waals surface area contributed by atoms with Crippen LogP contribution in [0.1, 0.15) is 42.9 Å². The van der Waals surface area contributed by atoms with Crippen molar-refractivity contribution in [2.75, 3.05) is 19.6 Å². The molecule has 4 heteroatoms. The lowest BCUT2D eigenvalue weighted by Crippen LogP contribution is -2.32. The highest BCUT2D eigenvalue weighted by Crippen LogP contribution is 2.40. The van der Waals surface area contributed by atoms with Crippen LogP contribution in [-0.2, 0) is 0 Å². The van der Waals surface area contributed by atoms with Crippen LogP contribution >= 0.6 is 0 Å². The van der Waals surface area contributed by atoms with Crippen molar-refractivity contribution >= 4 is 0 Å². The summed E-state index contributed by atoms with van der Waals surface area (Å²) in [6, 6.07) is 6.85. The Morgan fingerprint density at radius 2 is 1.60 bits per heavy atom. The molecular weight excluding hydrogens is 258 g/mol. The molecule has 2 nitrogen and oxygen atoms in total. The number of rotatable bonds is 4. The van der Waals surface area contributed by atoms with Crippen molar-refractivity contribution in [3.05, 3.63) is 35.4 Å². The molecule has 1 aromatic carbocycles. The predicted molar refractivity (Wildman–Crippen MR) is 75.6 cm³/mol. The van der Waals surface area contributed by atoms with Crippen molar-refractivity contribution in [1.29, 1.82) is 0 Å². The van der Waals surface area contributed by atoms with Crippen LogP contribution < -0.4 is 5.73 Å². The summed E-state index contributed by atoms with van der Waals surface area (Å²) in [6.45, 7) is 2.78. The fraction of sp³-hybridized carbons (Fsp3) is 0.625. The van der Waals surface area contributed by atoms with Crippen LogP contribution in [0.5, 0.6) is 0 Å². The molecule has 3 rings (SSSR count). The first kappa shape index (κ1) is 14.0. The van der Waals surface area contributed by atoms with Crippen LogP contribution in [-0.4, -0.2) is 24.5 Å². The van der Waals surface area contributed by atoms with E-state index < -0.39 is 6.43 Å². The Bertz CT molecular complexity index is 434. The van der Waals surface area contributed by atoms with Crippen LogP contribution in [0.3, 0.4) is 0 Å². The quantitative estimate of drug-likeness (QED) is 0.916. The number of likely N-dealkylation sites (tertiary alicyclic amines) is 1. The van der Waals surface area contributed by atoms with Crippen molar-refractivity contribution < 1.29 is 8.78 Å². The van der Waals surface area contributed by atoms with E-state index in [1.54, 1.807) is 0 Å². The molecule has 0 amide bonds. The van der Waals surface area contributed by atoms with Crippen molar-refractivity contribution in [1.82, 2.24) is 4.90 Å². The van der Waals surface area contributed by atoms with Crippen LogP contribution in [0, 0.1) is 11.8 Å². The second-order valence-corrected chi connectivity index (χ2v) is 6.12. The molecule has 1 aromatic rings. The largest absolute Gasteiger partial charge is 0.329 e. The Hall–Kier alpha value is -1.00. The van der Waals surface area contributed by atoms with Crippen molar-refractivity contribution in [2.45, 2.75) is 31.7 Å². The molecule has 0 radical (unpaired) electrons. The summed E-state index contributed by atoms with van der Waals surface area (Å²) in [4.78, 5) is 2.45. The van der Waals surface area contributed by atoms with E-state index in [4.69, 9.17) is 5.73 Å². The summed E-state index contributed by atoms with van der Waals surface area (Å²) < 4.78 is 25.2. The topological polar surface area (TPSA) is 29.3 Å². The zero-order valence-corrected chi connectivity index (χ0v) is 11.6. The van der Waals surface area contributed by atoms with Gasteiger partial charge < -0.3 is 5.73 Å². The molecule has 2 fully saturated rings. The fourth-order valence-corrected chi connectivity index (χ4v) is 3.89. The van der Waals surface area contributed by atoms with E-state index in [-0.39, 0.29) is 11.6 Å². The van der Waals surface area contributed by atoms with Gasteiger partial charge in [-0.3, -0.25) is 4.90 Å². The zero-order valence-electron chi connectivity index (χ0n) is 11.6. The summed E-state index contributed by atoms with van der Waals surface area (Å²) in [6.07, 6.45) is 1.64. The van der Waals surface area contributed by atoms with Gasteiger partial charge in [-0.1, -0.05) is 30.7 Å². The standard InChI is InChI=1S/C16H22F2N2/c17-16(18)12-6-4-11(5-7-12)15(8-19)20-9-13-2-1-3-14(13)10-20/h4-7,13-16H,1-3,8-10,19H2. The molecular formula is C16H22F2N2. The number of hydrogen-bond acceptors (Lipinski definition) is 2. The van der Waals surface area contributed by atoms with Gasteiger partial charge in [0.05, 0.1) is 0 Å². The minimum absolute atomic E-state index is 0.0859. The maximum Gasteiger partial charge on any atom is 0.263 e. The monoisotopic (exact) mass is 280 g/mol. The zero-order chi connectivity index (χ0) is 14.1. The van der Waals surface area contributed by atoms with Gasteiger partial charge in [-0.2, -0.15) is 0 Å². The Balaban J connectivity index is 1.73. The molecule has 3 atom stereocenters. The molecule has 110 valence electrons. The SMILES string of the molecule is NCC(c1ccc(C(F)F)cc1)N1CC2CCCC2C1. The molecule has 2 aliphatic rings. The van der Waals surface area contributed by atoms with E-state index >= 15 is 0 Å². The van der Waals surface area contributed by atoms with E-state index in [2.05, 4.69) is 4.90 Å². The van der Waals surface area contributed by atoms with Gasteiger partial charge in [-0.25, -0.2) is 8.78 Å². The van der Waals surface area contributed by atoms with E-state index in [9.17, 15) is 8.78 Å². The molecule has 0 bridgehead atoms. The first-order chi connectivity index (χ1) is 9.69. The Morgan fingerprint density at radius 1 is 1.05 bits per heavy atom. The Morgan fingerprint density at radius 3 is 2.10 bits per heavy atom. The van der Waals surface area contributed by atoms with Gasteiger partial charge in [0.25, 0.3) is 6.43 Å². The third-order valence-corrected chi connectivity index (χ3v) is 4.99. The van der Waals surface area contributed by atoms with Crippen molar-refractivity contribution in [3.63, 3.8) is 0 Å². The van der Waals surface area contributed by atoms with Crippen LogP contribution in [0.25, 0.3) is 0 Å². The average Bonchev–Trinajstić information content (AvgIpc) is 3.01. The van der Waals surface area contributed by atoms with E-state index in [0.29, 0.717) is 6.54 Å². The minimum atomic E-state index is -2.40. The second-order valence-electron chi connectivity index (χ2n) is 6.12. The van der Waals surface area contributed by atoms with Gasteiger partial charge in [-0.05, 0) is 30.2 Å². The normalized spacial score (nSPS) is 28.0. The molecule has 1 heterocycles. The second kappa shape index (κ2) is 5.78. The molecule has 3 unspecified atom stereocenters. The molecule has 1 saturated carbocycles. The molecule has 20 heavy (non-hydrogen) atoms. The van der Waals surface area contributed by atoms with Gasteiger partial charge >= 0.3 is 0 Å². The highest BCUT2D eigenvalue weighted by molar-refractivity contribution is 5.26. The van der Waals surface area contributed by atoms with Crippen molar-refractivity contribution in [2.24, 2.45) is 17.6 Å². The third kappa shape index (κ3) is 2.59. The molecule has 0 aromatic heterocycles. The minimum Gasteiger partial charge on any atom is -0.329 e. The van der Waals surface area contributed by atoms with Gasteiger partial charge in [0.15, 0.2) is 0 Å². The van der Waals surface area contributed by atoms with E-state index in [1.165, 1.54) is 31.4 Å². The van der Waals surface area contributed by atoms with Gasteiger partial charge in [0.1, 0.15) is 0 Å². The van der Waals surface area contributed by atoms with Crippen molar-refractivity contribution in [3.8, 4) is 0 Å². The van der Waals surface area contributed by atoms with Gasteiger partial charge in [0, 0.05) is 31.2 Å². The maximum atomic E-state index is 12.6. The fourth-order valence-electron chi connectivity index (χ4n) is 3.89. The number of halogens is 2. The Kier molecular flexibility index (Phi) is 4.03. The molecule has 1 saturated heterocycles. The van der Waals surface area contributed by atoms with Crippen LogP contribution in [0.4, 0.5) is 8.78 Å². The number of hydrogen-bond donors (Lipinski definition) is 1. The summed E-state index contributed by atoms with van der Waals surface area (Å²) in [5.41, 5.74) is 7.10. The number of fused-ring (bicyclic) bond motifs is 1. The number of nitrogens with zero attached hydrogens (tertiary/aromatic N) is 1. The highest BCUT2D eigenvalue weighted by Gasteiger charge is 2.38. The highest BCUT2D eigenvalue weighted by atomic mass is 19.3. The van der Waals surface area contributed by atoms with Gasteiger partial charge in [-0.15, -0.1) is 0 Å². The summed E-state index contributed by atoms with van der Waals surface area (Å²) in [7, 11) is 0. The summed E-state index contributed by atoms with van der Waals surface area (Å²) in [5.74, 6) is 1.65. The Labute approximate surface area is 118 Å². The molecule has 2 N–H and O–H groups in total. The number of nitrogens with two attached hydrogens (primary N) is 1. The molecule has 0 spiro atoms. The number of benzene rings is 1. The van der Waals surface area contributed by atoms with Crippen LogP contribution in [0.15, 0.2) is 24.3 Å².